The van der Waals surface area contributed by atoms with Gasteiger partial charge in [-0.1, -0.05) is 0 Å². The number of pyridine rings is 1. The Balaban J connectivity index is 1.34. The Morgan fingerprint density at radius 3 is 2.96 bits per heavy atom. The van der Waals surface area contributed by atoms with Gasteiger partial charge in [0.1, 0.15) is 11.6 Å². The van der Waals surface area contributed by atoms with Crippen molar-refractivity contribution in [2.75, 3.05) is 26.2 Å². The topological polar surface area (TPSA) is 81.1 Å². The van der Waals surface area contributed by atoms with Gasteiger partial charge in [0.15, 0.2) is 12.3 Å². The second-order valence-electron chi connectivity index (χ2n) is 6.77. The lowest BCUT2D eigenvalue weighted by Crippen LogP contribution is -2.31. The number of hydrogen-bond donors (Lipinski definition) is 2. The molecule has 1 fully saturated rings. The van der Waals surface area contributed by atoms with Crippen LogP contribution in [0, 0.1) is 5.82 Å². The molecule has 0 bridgehead atoms. The van der Waals surface area contributed by atoms with Crippen molar-refractivity contribution >= 4 is 16.9 Å². The number of nitrogens with one attached hydrogen (secondary N) is 2. The van der Waals surface area contributed by atoms with Gasteiger partial charge in [-0.15, -0.1) is 0 Å². The number of fused-ring (bicyclic) bond motifs is 1. The summed E-state index contributed by atoms with van der Waals surface area (Å²) in [5.41, 5.74) is 1.90. The molecule has 0 saturated carbocycles. The van der Waals surface area contributed by atoms with Crippen LogP contribution in [-0.2, 0) is 11.3 Å². The highest BCUT2D eigenvalue weighted by atomic mass is 19.1. The summed E-state index contributed by atoms with van der Waals surface area (Å²) in [7, 11) is 0. The Kier molecular flexibility index (Phi) is 5.48. The van der Waals surface area contributed by atoms with Gasteiger partial charge in [0, 0.05) is 30.6 Å². The molecule has 3 aromatic rings. The van der Waals surface area contributed by atoms with Crippen LogP contribution in [0.5, 0.6) is 5.75 Å². The van der Waals surface area contributed by atoms with Gasteiger partial charge in [-0.05, 0) is 49.4 Å². The molecule has 1 aliphatic rings. The summed E-state index contributed by atoms with van der Waals surface area (Å²) < 4.78 is 20.1. The van der Waals surface area contributed by atoms with Crippen molar-refractivity contribution in [1.29, 1.82) is 0 Å². The third-order valence-corrected chi connectivity index (χ3v) is 4.81. The number of carbonyl (C=O) groups excluding carboxylic acids is 1. The molecular formula is C20H22FN5O2. The average molecular weight is 383 g/mol. The van der Waals surface area contributed by atoms with Gasteiger partial charge in [0.25, 0.3) is 5.91 Å². The Bertz CT molecular complexity index is 951. The highest BCUT2D eigenvalue weighted by Gasteiger charge is 2.23. The molecule has 146 valence electrons. The maximum Gasteiger partial charge on any atom is 0.258 e. The zero-order chi connectivity index (χ0) is 19.3. The van der Waals surface area contributed by atoms with Gasteiger partial charge in [-0.3, -0.25) is 4.79 Å². The summed E-state index contributed by atoms with van der Waals surface area (Å²) in [6.07, 6.45) is 2.82. The predicted octanol–water partition coefficient (Wildman–Crippen LogP) is 1.84. The molecule has 1 atom stereocenters. The highest BCUT2D eigenvalue weighted by molar-refractivity contribution is 5.79. The third kappa shape index (κ3) is 4.12. The lowest BCUT2D eigenvalue weighted by Gasteiger charge is -2.08. The molecular weight excluding hydrogens is 361 g/mol. The Hall–Kier alpha value is -3.00. The van der Waals surface area contributed by atoms with Crippen LogP contribution in [0.4, 0.5) is 4.39 Å². The van der Waals surface area contributed by atoms with E-state index in [1.807, 2.05) is 10.7 Å². The van der Waals surface area contributed by atoms with E-state index in [2.05, 4.69) is 21.7 Å². The number of nitrogens with zero attached hydrogens (tertiary/aromatic N) is 3. The standard InChI is InChI=1S/C20H22FN5O2/c21-15-3-5-16(6-4-15)28-13-18(27)23-10-11-26-20-17(2-1-8-24-20)19(25-26)14-7-9-22-12-14/h1-6,8,14,22H,7,9-13H2,(H,23,27). The quantitative estimate of drug-likeness (QED) is 0.651. The van der Waals surface area contributed by atoms with Gasteiger partial charge in [0.2, 0.25) is 0 Å². The number of carbonyl (C=O) groups is 1. The number of amides is 1. The van der Waals surface area contributed by atoms with Crippen molar-refractivity contribution in [3.8, 4) is 5.75 Å². The molecule has 3 heterocycles. The fourth-order valence-corrected chi connectivity index (χ4v) is 3.41. The van der Waals surface area contributed by atoms with E-state index in [0.717, 1.165) is 36.2 Å². The average Bonchev–Trinajstić information content (AvgIpc) is 3.36. The highest BCUT2D eigenvalue weighted by Crippen LogP contribution is 2.27. The monoisotopic (exact) mass is 383 g/mol. The summed E-state index contributed by atoms with van der Waals surface area (Å²) in [5.74, 6) is 0.263. The Morgan fingerprint density at radius 1 is 1.32 bits per heavy atom. The Labute approximate surface area is 161 Å². The van der Waals surface area contributed by atoms with E-state index in [9.17, 15) is 9.18 Å². The van der Waals surface area contributed by atoms with Gasteiger partial charge in [-0.25, -0.2) is 14.1 Å². The number of halogens is 1. The van der Waals surface area contributed by atoms with Crippen molar-refractivity contribution < 1.29 is 13.9 Å². The number of benzene rings is 1. The minimum absolute atomic E-state index is 0.122. The fourth-order valence-electron chi connectivity index (χ4n) is 3.41. The van der Waals surface area contributed by atoms with Crippen molar-refractivity contribution in [3.05, 3.63) is 54.1 Å². The number of ether oxygens (including phenoxy) is 1. The number of rotatable bonds is 7. The van der Waals surface area contributed by atoms with E-state index in [1.54, 1.807) is 6.20 Å². The zero-order valence-electron chi connectivity index (χ0n) is 15.4. The minimum atomic E-state index is -0.343. The molecule has 0 spiro atoms. The molecule has 0 radical (unpaired) electrons. The zero-order valence-corrected chi connectivity index (χ0v) is 15.4. The maximum atomic E-state index is 12.9. The molecule has 7 nitrogen and oxygen atoms in total. The predicted molar refractivity (Wildman–Crippen MR) is 103 cm³/mol. The van der Waals surface area contributed by atoms with Crippen LogP contribution in [0.25, 0.3) is 11.0 Å². The van der Waals surface area contributed by atoms with Crippen LogP contribution in [0.1, 0.15) is 18.0 Å². The maximum absolute atomic E-state index is 12.9. The van der Waals surface area contributed by atoms with Crippen LogP contribution in [0.2, 0.25) is 0 Å². The first-order chi connectivity index (χ1) is 13.7. The van der Waals surface area contributed by atoms with E-state index in [4.69, 9.17) is 9.84 Å². The van der Waals surface area contributed by atoms with Crippen LogP contribution < -0.4 is 15.4 Å². The fraction of sp³-hybridized carbons (Fsp3) is 0.350. The van der Waals surface area contributed by atoms with Crippen LogP contribution >= 0.6 is 0 Å². The van der Waals surface area contributed by atoms with E-state index in [-0.39, 0.29) is 18.3 Å². The summed E-state index contributed by atoms with van der Waals surface area (Å²) >= 11 is 0. The SMILES string of the molecule is O=C(COc1ccc(F)cc1)NCCn1nc(C2CCNC2)c2cccnc21. The largest absolute Gasteiger partial charge is 0.484 e. The Morgan fingerprint density at radius 2 is 2.18 bits per heavy atom. The van der Waals surface area contributed by atoms with E-state index >= 15 is 0 Å². The van der Waals surface area contributed by atoms with Gasteiger partial charge >= 0.3 is 0 Å². The first kappa shape index (κ1) is 18.4. The molecule has 2 N–H and O–H groups in total. The molecule has 1 saturated heterocycles. The molecule has 0 aliphatic carbocycles. The molecule has 2 aromatic heterocycles. The molecule has 1 aromatic carbocycles. The normalized spacial score (nSPS) is 16.4. The minimum Gasteiger partial charge on any atom is -0.484 e. The molecule has 8 heteroatoms. The van der Waals surface area contributed by atoms with Gasteiger partial charge < -0.3 is 15.4 Å². The van der Waals surface area contributed by atoms with Crippen molar-refractivity contribution in [1.82, 2.24) is 25.4 Å². The summed E-state index contributed by atoms with van der Waals surface area (Å²) in [4.78, 5) is 16.5. The van der Waals surface area contributed by atoms with Gasteiger partial charge in [-0.2, -0.15) is 5.10 Å². The summed E-state index contributed by atoms with van der Waals surface area (Å²) in [6.45, 7) is 2.75. The first-order valence-corrected chi connectivity index (χ1v) is 9.38. The second-order valence-corrected chi connectivity index (χ2v) is 6.77. The molecule has 1 aliphatic heterocycles. The number of aromatic nitrogens is 3. The van der Waals surface area contributed by atoms with E-state index in [1.165, 1.54) is 24.3 Å². The van der Waals surface area contributed by atoms with Crippen LogP contribution in [0.3, 0.4) is 0 Å². The van der Waals surface area contributed by atoms with E-state index < -0.39 is 0 Å². The second kappa shape index (κ2) is 8.35. The molecule has 4 rings (SSSR count). The van der Waals surface area contributed by atoms with Crippen LogP contribution in [0.15, 0.2) is 42.6 Å². The van der Waals surface area contributed by atoms with Crippen molar-refractivity contribution in [2.24, 2.45) is 0 Å². The van der Waals surface area contributed by atoms with Crippen molar-refractivity contribution in [3.63, 3.8) is 0 Å². The molecule has 1 unspecified atom stereocenters. The molecule has 28 heavy (non-hydrogen) atoms. The summed E-state index contributed by atoms with van der Waals surface area (Å²) in [6, 6.07) is 9.54. The van der Waals surface area contributed by atoms with E-state index in [0.29, 0.717) is 24.8 Å². The van der Waals surface area contributed by atoms with Crippen molar-refractivity contribution in [2.45, 2.75) is 18.9 Å². The van der Waals surface area contributed by atoms with Crippen LogP contribution in [-0.4, -0.2) is 46.9 Å². The first-order valence-electron chi connectivity index (χ1n) is 9.38. The van der Waals surface area contributed by atoms with Gasteiger partial charge in [0.05, 0.1) is 12.2 Å². The molecule has 1 amide bonds. The lowest BCUT2D eigenvalue weighted by atomic mass is 10.0. The lowest BCUT2D eigenvalue weighted by molar-refractivity contribution is -0.123. The summed E-state index contributed by atoms with van der Waals surface area (Å²) in [5, 5.41) is 12.0. The smallest absolute Gasteiger partial charge is 0.258 e. The third-order valence-electron chi connectivity index (χ3n) is 4.81. The number of hydrogen-bond acceptors (Lipinski definition) is 5.